The number of aromatic nitrogens is 1. The molecule has 0 amide bonds. The number of rotatable bonds is 6. The number of hydrogen-bond donors (Lipinski definition) is 1. The fourth-order valence-corrected chi connectivity index (χ4v) is 1.69. The molecule has 1 N–H and O–H groups in total. The molecule has 0 bridgehead atoms. The SMILES string of the molecule is CCCCN(CCO)c1ccncc1Cl. The van der Waals surface area contributed by atoms with Gasteiger partial charge in [0.1, 0.15) is 0 Å². The number of anilines is 1. The van der Waals surface area contributed by atoms with E-state index in [1.165, 1.54) is 0 Å². The predicted molar refractivity (Wildman–Crippen MR) is 63.5 cm³/mol. The van der Waals surface area contributed by atoms with Gasteiger partial charge in [-0.1, -0.05) is 24.9 Å². The number of nitrogens with zero attached hydrogens (tertiary/aromatic N) is 2. The van der Waals surface area contributed by atoms with E-state index in [1.54, 1.807) is 12.4 Å². The topological polar surface area (TPSA) is 36.4 Å². The Morgan fingerprint density at radius 2 is 2.27 bits per heavy atom. The Kier molecular flexibility index (Phi) is 5.43. The molecule has 1 heterocycles. The van der Waals surface area contributed by atoms with E-state index in [1.807, 2.05) is 6.07 Å². The fraction of sp³-hybridized carbons (Fsp3) is 0.545. The summed E-state index contributed by atoms with van der Waals surface area (Å²) >= 11 is 6.05. The minimum absolute atomic E-state index is 0.141. The Hall–Kier alpha value is -0.800. The molecular formula is C11H17ClN2O. The van der Waals surface area contributed by atoms with Crippen LogP contribution in [0.15, 0.2) is 18.5 Å². The summed E-state index contributed by atoms with van der Waals surface area (Å²) in [6.45, 7) is 3.82. The van der Waals surface area contributed by atoms with Crippen molar-refractivity contribution in [2.24, 2.45) is 0 Å². The van der Waals surface area contributed by atoms with Gasteiger partial charge in [0.05, 0.1) is 17.3 Å². The molecule has 1 rings (SSSR count). The lowest BCUT2D eigenvalue weighted by molar-refractivity contribution is 0.301. The van der Waals surface area contributed by atoms with Crippen LogP contribution in [0.5, 0.6) is 0 Å². The van der Waals surface area contributed by atoms with Crippen molar-refractivity contribution in [1.82, 2.24) is 4.98 Å². The normalized spacial score (nSPS) is 10.3. The summed E-state index contributed by atoms with van der Waals surface area (Å²) in [5.74, 6) is 0. The van der Waals surface area contributed by atoms with Crippen molar-refractivity contribution < 1.29 is 5.11 Å². The van der Waals surface area contributed by atoms with E-state index in [4.69, 9.17) is 16.7 Å². The molecule has 0 aliphatic rings. The van der Waals surface area contributed by atoms with Crippen LogP contribution in [0.3, 0.4) is 0 Å². The van der Waals surface area contributed by atoms with E-state index in [2.05, 4.69) is 16.8 Å². The number of aliphatic hydroxyl groups excluding tert-OH is 1. The smallest absolute Gasteiger partial charge is 0.0822 e. The Labute approximate surface area is 95.7 Å². The third-order valence-corrected chi connectivity index (χ3v) is 2.53. The highest BCUT2D eigenvalue weighted by molar-refractivity contribution is 6.33. The van der Waals surface area contributed by atoms with Crippen molar-refractivity contribution in [3.05, 3.63) is 23.5 Å². The maximum absolute atomic E-state index is 8.99. The molecule has 15 heavy (non-hydrogen) atoms. The van der Waals surface area contributed by atoms with E-state index in [0.717, 1.165) is 25.1 Å². The number of aliphatic hydroxyl groups is 1. The lowest BCUT2D eigenvalue weighted by atomic mass is 10.2. The van der Waals surface area contributed by atoms with Crippen LogP contribution in [-0.4, -0.2) is 29.8 Å². The third kappa shape index (κ3) is 3.68. The summed E-state index contributed by atoms with van der Waals surface area (Å²) in [6, 6.07) is 1.88. The molecule has 3 nitrogen and oxygen atoms in total. The predicted octanol–water partition coefficient (Wildman–Crippen LogP) is 2.33. The maximum Gasteiger partial charge on any atom is 0.0822 e. The summed E-state index contributed by atoms with van der Waals surface area (Å²) in [6.07, 6.45) is 5.58. The molecular weight excluding hydrogens is 212 g/mol. The third-order valence-electron chi connectivity index (χ3n) is 2.24. The van der Waals surface area contributed by atoms with Crippen molar-refractivity contribution in [2.75, 3.05) is 24.6 Å². The molecule has 0 unspecified atom stereocenters. The van der Waals surface area contributed by atoms with Gasteiger partial charge in [-0.05, 0) is 12.5 Å². The summed E-state index contributed by atoms with van der Waals surface area (Å²) in [5, 5.41) is 9.63. The summed E-state index contributed by atoms with van der Waals surface area (Å²) in [7, 11) is 0. The summed E-state index contributed by atoms with van der Waals surface area (Å²) < 4.78 is 0. The van der Waals surface area contributed by atoms with Crippen LogP contribution in [0.2, 0.25) is 5.02 Å². The van der Waals surface area contributed by atoms with E-state index in [-0.39, 0.29) is 6.61 Å². The van der Waals surface area contributed by atoms with Gasteiger partial charge in [0.15, 0.2) is 0 Å². The molecule has 4 heteroatoms. The second-order valence-electron chi connectivity index (χ2n) is 3.39. The Morgan fingerprint density at radius 3 is 2.87 bits per heavy atom. The van der Waals surface area contributed by atoms with Crippen LogP contribution in [0.1, 0.15) is 19.8 Å². The average molecular weight is 229 g/mol. The first-order chi connectivity index (χ1) is 7.29. The number of halogens is 1. The Morgan fingerprint density at radius 1 is 1.47 bits per heavy atom. The van der Waals surface area contributed by atoms with Crippen LogP contribution in [0, 0.1) is 0 Å². The van der Waals surface area contributed by atoms with Crippen LogP contribution >= 0.6 is 11.6 Å². The number of pyridine rings is 1. The van der Waals surface area contributed by atoms with Gasteiger partial charge < -0.3 is 10.0 Å². The lowest BCUT2D eigenvalue weighted by Gasteiger charge is -2.24. The molecule has 0 fully saturated rings. The molecule has 0 saturated heterocycles. The van der Waals surface area contributed by atoms with E-state index in [9.17, 15) is 0 Å². The van der Waals surface area contributed by atoms with E-state index >= 15 is 0 Å². The van der Waals surface area contributed by atoms with Gasteiger partial charge in [-0.25, -0.2) is 0 Å². The van der Waals surface area contributed by atoms with Gasteiger partial charge in [-0.2, -0.15) is 0 Å². The van der Waals surface area contributed by atoms with Crippen molar-refractivity contribution >= 4 is 17.3 Å². The van der Waals surface area contributed by atoms with Crippen LogP contribution in [-0.2, 0) is 0 Å². The van der Waals surface area contributed by atoms with Gasteiger partial charge in [-0.15, -0.1) is 0 Å². The minimum Gasteiger partial charge on any atom is -0.395 e. The van der Waals surface area contributed by atoms with Crippen LogP contribution in [0.4, 0.5) is 5.69 Å². The van der Waals surface area contributed by atoms with Gasteiger partial charge in [0, 0.05) is 25.5 Å². The standard InChI is InChI=1S/C11H17ClN2O/c1-2-3-6-14(7-8-15)11-4-5-13-9-10(11)12/h4-5,9,15H,2-3,6-8H2,1H3. The average Bonchev–Trinajstić information content (AvgIpc) is 2.25. The quantitative estimate of drug-likeness (QED) is 0.812. The second kappa shape index (κ2) is 6.64. The highest BCUT2D eigenvalue weighted by Crippen LogP contribution is 2.24. The van der Waals surface area contributed by atoms with Crippen molar-refractivity contribution in [3.8, 4) is 0 Å². The first-order valence-corrected chi connectivity index (χ1v) is 5.62. The zero-order valence-electron chi connectivity index (χ0n) is 8.99. The van der Waals surface area contributed by atoms with E-state index in [0.29, 0.717) is 11.6 Å². The highest BCUT2D eigenvalue weighted by atomic mass is 35.5. The molecule has 1 aromatic rings. The molecule has 0 aromatic carbocycles. The molecule has 0 spiro atoms. The zero-order chi connectivity index (χ0) is 11.1. The van der Waals surface area contributed by atoms with Gasteiger partial charge in [-0.3, -0.25) is 4.98 Å². The van der Waals surface area contributed by atoms with Crippen LogP contribution in [0.25, 0.3) is 0 Å². The molecule has 1 aromatic heterocycles. The van der Waals surface area contributed by atoms with Crippen LogP contribution < -0.4 is 4.90 Å². The van der Waals surface area contributed by atoms with Gasteiger partial charge in [0.25, 0.3) is 0 Å². The minimum atomic E-state index is 0.141. The van der Waals surface area contributed by atoms with Crippen molar-refractivity contribution in [1.29, 1.82) is 0 Å². The van der Waals surface area contributed by atoms with Gasteiger partial charge in [0.2, 0.25) is 0 Å². The molecule has 0 radical (unpaired) electrons. The summed E-state index contributed by atoms with van der Waals surface area (Å²) in [4.78, 5) is 6.04. The number of unbranched alkanes of at least 4 members (excludes halogenated alkanes) is 1. The monoisotopic (exact) mass is 228 g/mol. The molecule has 0 saturated carbocycles. The first kappa shape index (κ1) is 12.3. The van der Waals surface area contributed by atoms with Gasteiger partial charge >= 0.3 is 0 Å². The summed E-state index contributed by atoms with van der Waals surface area (Å²) in [5.41, 5.74) is 0.953. The highest BCUT2D eigenvalue weighted by Gasteiger charge is 2.08. The number of hydrogen-bond acceptors (Lipinski definition) is 3. The zero-order valence-corrected chi connectivity index (χ0v) is 9.74. The Balaban J connectivity index is 2.74. The fourth-order valence-electron chi connectivity index (χ4n) is 1.45. The second-order valence-corrected chi connectivity index (χ2v) is 3.80. The molecule has 0 atom stereocenters. The largest absolute Gasteiger partial charge is 0.395 e. The molecule has 0 aliphatic heterocycles. The maximum atomic E-state index is 8.99. The molecule has 0 aliphatic carbocycles. The van der Waals surface area contributed by atoms with E-state index < -0.39 is 0 Å². The first-order valence-electron chi connectivity index (χ1n) is 5.25. The Bertz CT molecular complexity index is 294. The lowest BCUT2D eigenvalue weighted by Crippen LogP contribution is -2.27. The molecule has 84 valence electrons. The van der Waals surface area contributed by atoms with Crippen molar-refractivity contribution in [3.63, 3.8) is 0 Å². The van der Waals surface area contributed by atoms with Crippen molar-refractivity contribution in [2.45, 2.75) is 19.8 Å².